The van der Waals surface area contributed by atoms with Crippen molar-refractivity contribution in [3.05, 3.63) is 34.0 Å². The van der Waals surface area contributed by atoms with E-state index in [-0.39, 0.29) is 17.7 Å². The van der Waals surface area contributed by atoms with Crippen molar-refractivity contribution in [3.63, 3.8) is 0 Å². The van der Waals surface area contributed by atoms with Crippen LogP contribution in [0.2, 0.25) is 0 Å². The van der Waals surface area contributed by atoms with Crippen LogP contribution in [-0.4, -0.2) is 26.0 Å². The molecule has 6 nitrogen and oxygen atoms in total. The normalized spacial score (nSPS) is 12.1. The van der Waals surface area contributed by atoms with E-state index in [1.807, 2.05) is 19.2 Å². The lowest BCUT2D eigenvalue weighted by Crippen LogP contribution is -2.11. The smallest absolute Gasteiger partial charge is 0.354 e. The van der Waals surface area contributed by atoms with E-state index in [2.05, 4.69) is 20.3 Å². The third-order valence-corrected chi connectivity index (χ3v) is 3.37. The number of anilines is 1. The third kappa shape index (κ3) is 2.80. The average molecular weight is 264 g/mol. The molecule has 2 heterocycles. The van der Waals surface area contributed by atoms with E-state index in [0.717, 1.165) is 10.7 Å². The molecule has 0 fully saturated rings. The summed E-state index contributed by atoms with van der Waals surface area (Å²) >= 11 is 1.54. The summed E-state index contributed by atoms with van der Waals surface area (Å²) in [6.45, 7) is 3.85. The number of aryl methyl sites for hydroxylation is 1. The van der Waals surface area contributed by atoms with Gasteiger partial charge in [0, 0.05) is 17.3 Å². The van der Waals surface area contributed by atoms with Crippen molar-refractivity contribution >= 4 is 23.3 Å². The molecule has 0 aromatic carbocycles. The number of carboxylic acids is 1. The number of rotatable bonds is 4. The number of hydrogen-bond donors (Lipinski definition) is 2. The van der Waals surface area contributed by atoms with Gasteiger partial charge in [0.25, 0.3) is 0 Å². The molecule has 2 aromatic heterocycles. The van der Waals surface area contributed by atoms with Gasteiger partial charge in [-0.2, -0.15) is 0 Å². The molecule has 1 atom stereocenters. The number of carbonyl (C=O) groups is 1. The van der Waals surface area contributed by atoms with Gasteiger partial charge in [-0.25, -0.2) is 19.7 Å². The van der Waals surface area contributed by atoms with Gasteiger partial charge in [-0.1, -0.05) is 0 Å². The number of carboxylic acid groups (broad SMARTS) is 1. The standard InChI is InChI=1S/C11H12N4O2S/c1-6-5-18-9(13-6)7(2)14-11-12-4-3-8(15-11)10(16)17/h3-5,7H,1-2H3,(H,16,17)(H,12,14,15). The highest BCUT2D eigenvalue weighted by atomic mass is 32.1. The number of hydrogen-bond acceptors (Lipinski definition) is 6. The van der Waals surface area contributed by atoms with E-state index < -0.39 is 5.97 Å². The van der Waals surface area contributed by atoms with E-state index >= 15 is 0 Å². The van der Waals surface area contributed by atoms with Crippen LogP contribution in [0.3, 0.4) is 0 Å². The summed E-state index contributed by atoms with van der Waals surface area (Å²) < 4.78 is 0. The Morgan fingerprint density at radius 3 is 2.89 bits per heavy atom. The SMILES string of the molecule is Cc1csc(C(C)Nc2nccc(C(=O)O)n2)n1. The first-order valence-electron chi connectivity index (χ1n) is 5.31. The summed E-state index contributed by atoms with van der Waals surface area (Å²) in [6.07, 6.45) is 1.42. The largest absolute Gasteiger partial charge is 0.477 e. The second-order valence-electron chi connectivity index (χ2n) is 3.76. The monoisotopic (exact) mass is 264 g/mol. The Balaban J connectivity index is 2.14. The summed E-state index contributed by atoms with van der Waals surface area (Å²) in [5.41, 5.74) is 0.930. The van der Waals surface area contributed by atoms with E-state index in [4.69, 9.17) is 5.11 Å². The topological polar surface area (TPSA) is 88.0 Å². The first kappa shape index (κ1) is 12.4. The summed E-state index contributed by atoms with van der Waals surface area (Å²) in [7, 11) is 0. The fraction of sp³-hybridized carbons (Fsp3) is 0.273. The highest BCUT2D eigenvalue weighted by Gasteiger charge is 2.12. The van der Waals surface area contributed by atoms with Gasteiger partial charge in [0.05, 0.1) is 6.04 Å². The lowest BCUT2D eigenvalue weighted by Gasteiger charge is -2.10. The van der Waals surface area contributed by atoms with Crippen LogP contribution in [0.5, 0.6) is 0 Å². The van der Waals surface area contributed by atoms with Gasteiger partial charge in [0.1, 0.15) is 5.01 Å². The summed E-state index contributed by atoms with van der Waals surface area (Å²) in [5, 5.41) is 14.7. The Bertz CT molecular complexity index is 570. The van der Waals surface area contributed by atoms with Crippen molar-refractivity contribution in [2.45, 2.75) is 19.9 Å². The first-order valence-corrected chi connectivity index (χ1v) is 6.19. The van der Waals surface area contributed by atoms with E-state index in [9.17, 15) is 4.79 Å². The molecule has 0 amide bonds. The molecule has 2 aromatic rings. The number of aromatic carboxylic acids is 1. The third-order valence-electron chi connectivity index (χ3n) is 2.23. The summed E-state index contributed by atoms with van der Waals surface area (Å²) in [6, 6.07) is 1.29. The van der Waals surface area contributed by atoms with Gasteiger partial charge < -0.3 is 10.4 Å². The highest BCUT2D eigenvalue weighted by molar-refractivity contribution is 7.09. The Morgan fingerprint density at radius 1 is 1.50 bits per heavy atom. The molecule has 94 valence electrons. The fourth-order valence-corrected chi connectivity index (χ4v) is 2.18. The molecule has 0 saturated carbocycles. The summed E-state index contributed by atoms with van der Waals surface area (Å²) in [5.74, 6) is -0.784. The van der Waals surface area contributed by atoms with Gasteiger partial charge in [-0.15, -0.1) is 11.3 Å². The minimum atomic E-state index is -1.07. The number of thiazole rings is 1. The van der Waals surface area contributed by atoms with Crippen LogP contribution in [0.1, 0.15) is 34.2 Å². The van der Waals surface area contributed by atoms with Crippen LogP contribution in [0.15, 0.2) is 17.6 Å². The number of nitrogens with one attached hydrogen (secondary N) is 1. The molecule has 0 aliphatic rings. The number of nitrogens with zero attached hydrogens (tertiary/aromatic N) is 3. The molecule has 0 aliphatic heterocycles. The molecule has 18 heavy (non-hydrogen) atoms. The van der Waals surface area contributed by atoms with Crippen molar-refractivity contribution in [2.75, 3.05) is 5.32 Å². The number of aromatic nitrogens is 3. The van der Waals surface area contributed by atoms with Gasteiger partial charge in [0.2, 0.25) is 5.95 Å². The van der Waals surface area contributed by atoms with Gasteiger partial charge >= 0.3 is 5.97 Å². The molecule has 0 radical (unpaired) electrons. The Hall–Kier alpha value is -2.02. The zero-order valence-electron chi connectivity index (χ0n) is 9.91. The lowest BCUT2D eigenvalue weighted by molar-refractivity contribution is 0.0690. The van der Waals surface area contributed by atoms with Gasteiger partial charge in [-0.05, 0) is 19.9 Å². The van der Waals surface area contributed by atoms with E-state index in [1.54, 1.807) is 11.3 Å². The van der Waals surface area contributed by atoms with Crippen molar-refractivity contribution in [1.82, 2.24) is 15.0 Å². The zero-order valence-corrected chi connectivity index (χ0v) is 10.7. The van der Waals surface area contributed by atoms with Crippen molar-refractivity contribution in [2.24, 2.45) is 0 Å². The van der Waals surface area contributed by atoms with Crippen LogP contribution in [0.4, 0.5) is 5.95 Å². The Morgan fingerprint density at radius 2 is 2.28 bits per heavy atom. The molecule has 0 spiro atoms. The second kappa shape index (κ2) is 5.09. The molecule has 0 aliphatic carbocycles. The van der Waals surface area contributed by atoms with Crippen molar-refractivity contribution in [3.8, 4) is 0 Å². The predicted octanol–water partition coefficient (Wildman–Crippen LogP) is 2.11. The average Bonchev–Trinajstić information content (AvgIpc) is 2.76. The summed E-state index contributed by atoms with van der Waals surface area (Å²) in [4.78, 5) is 23.0. The maximum absolute atomic E-state index is 10.8. The molecule has 0 saturated heterocycles. The van der Waals surface area contributed by atoms with Crippen LogP contribution >= 0.6 is 11.3 Å². The van der Waals surface area contributed by atoms with E-state index in [0.29, 0.717) is 0 Å². The van der Waals surface area contributed by atoms with E-state index in [1.165, 1.54) is 12.3 Å². The maximum atomic E-state index is 10.8. The Kier molecular flexibility index (Phi) is 3.52. The van der Waals surface area contributed by atoms with Gasteiger partial charge in [0.15, 0.2) is 5.69 Å². The van der Waals surface area contributed by atoms with Crippen molar-refractivity contribution in [1.29, 1.82) is 0 Å². The molecular weight excluding hydrogens is 252 g/mol. The van der Waals surface area contributed by atoms with Crippen LogP contribution in [0.25, 0.3) is 0 Å². The first-order chi connectivity index (χ1) is 8.56. The minimum absolute atomic E-state index is 0.0324. The molecule has 0 bridgehead atoms. The highest BCUT2D eigenvalue weighted by Crippen LogP contribution is 2.20. The zero-order chi connectivity index (χ0) is 13.1. The maximum Gasteiger partial charge on any atom is 0.354 e. The van der Waals surface area contributed by atoms with Crippen LogP contribution in [-0.2, 0) is 0 Å². The van der Waals surface area contributed by atoms with Gasteiger partial charge in [-0.3, -0.25) is 0 Å². The predicted molar refractivity (Wildman–Crippen MR) is 67.9 cm³/mol. The molecule has 2 rings (SSSR count). The van der Waals surface area contributed by atoms with Crippen LogP contribution in [0, 0.1) is 6.92 Å². The Labute approximate surface area is 108 Å². The van der Waals surface area contributed by atoms with Crippen molar-refractivity contribution < 1.29 is 9.90 Å². The molecule has 1 unspecified atom stereocenters. The lowest BCUT2D eigenvalue weighted by atomic mass is 10.3. The van der Waals surface area contributed by atoms with Crippen LogP contribution < -0.4 is 5.32 Å². The minimum Gasteiger partial charge on any atom is -0.477 e. The fourth-order valence-electron chi connectivity index (χ4n) is 1.37. The molecule has 2 N–H and O–H groups in total. The molecule has 7 heteroatoms. The second-order valence-corrected chi connectivity index (χ2v) is 4.65. The quantitative estimate of drug-likeness (QED) is 0.879. The molecular formula is C11H12N4O2S.